The zero-order valence-corrected chi connectivity index (χ0v) is 32.8. The molecule has 316 valence electrons. The lowest BCUT2D eigenvalue weighted by Crippen LogP contribution is -2.49. The maximum Gasteiger partial charge on any atom is 0.294 e. The molecule has 0 radical (unpaired) electrons. The van der Waals surface area contributed by atoms with Gasteiger partial charge >= 0.3 is 0 Å². The van der Waals surface area contributed by atoms with Crippen molar-refractivity contribution >= 4 is 59.4 Å². The molecule has 4 rings (SSSR count). The highest BCUT2D eigenvalue weighted by molar-refractivity contribution is 6.13. The first-order valence-electron chi connectivity index (χ1n) is 18.9. The number of imide groups is 1. The van der Waals surface area contributed by atoms with Gasteiger partial charge in [0.1, 0.15) is 13.5 Å². The Morgan fingerprint density at radius 2 is 1.34 bits per heavy atom. The number of allylic oxidation sites excluding steroid dienone is 2. The van der Waals surface area contributed by atoms with E-state index in [1.165, 1.54) is 0 Å². The Bertz CT molecular complexity index is 1660. The van der Waals surface area contributed by atoms with E-state index in [9.17, 15) is 33.6 Å². The number of nitrogens with one attached hydrogen (secondary N) is 4. The molecule has 0 atom stereocenters. The van der Waals surface area contributed by atoms with Crippen LogP contribution in [0.3, 0.4) is 0 Å². The fourth-order valence-electron chi connectivity index (χ4n) is 6.20. The standard InChI is InChI=1S/C38H53N9O11/c1-29-21-30(2)39-33-22-31(3-4-32(29)33)40-35(51)23-45(25-57-27-48)11-9-43-13-17-55-19-15-44(16-20-56-18-14-43)10-12-46(26-58-28-49)24-36(52)42-41-34(50)7-8-47-37(53)5-6-38(47)54/h3-6,21-22,27-28,39H,2,7-20,23-26H2,1H3,(H,40,51)(H,41,50)(H,42,52). The number of carbonyl (C=O) groups excluding carboxylic acids is 7. The van der Waals surface area contributed by atoms with Crippen molar-refractivity contribution in [3.63, 3.8) is 0 Å². The van der Waals surface area contributed by atoms with Crippen molar-refractivity contribution in [1.29, 1.82) is 0 Å². The van der Waals surface area contributed by atoms with Gasteiger partial charge in [-0.3, -0.25) is 68.9 Å². The fourth-order valence-corrected chi connectivity index (χ4v) is 6.20. The molecule has 0 bridgehead atoms. The first kappa shape index (κ1) is 45.2. The molecule has 20 heteroatoms. The second-order valence-electron chi connectivity index (χ2n) is 13.6. The Labute approximate surface area is 337 Å². The Balaban J connectivity index is 1.17. The van der Waals surface area contributed by atoms with Gasteiger partial charge in [0.15, 0.2) is 0 Å². The number of carbonyl (C=O) groups is 7. The lowest BCUT2D eigenvalue weighted by Gasteiger charge is -2.29. The summed E-state index contributed by atoms with van der Waals surface area (Å²) in [5, 5.41) is 6.15. The van der Waals surface area contributed by atoms with E-state index in [2.05, 4.69) is 37.9 Å². The van der Waals surface area contributed by atoms with Crippen LogP contribution in [0.15, 0.2) is 48.7 Å². The molecule has 1 aromatic rings. The molecular formula is C38H53N9O11. The van der Waals surface area contributed by atoms with Gasteiger partial charge in [0, 0.05) is 100 Å². The van der Waals surface area contributed by atoms with Crippen LogP contribution in [-0.4, -0.2) is 179 Å². The Hall–Kier alpha value is -5.51. The number of hydrogen-bond donors (Lipinski definition) is 4. The topological polar surface area (TPSA) is 221 Å². The van der Waals surface area contributed by atoms with Gasteiger partial charge < -0.3 is 29.6 Å². The van der Waals surface area contributed by atoms with Gasteiger partial charge in [0.25, 0.3) is 30.7 Å². The van der Waals surface area contributed by atoms with Crippen LogP contribution in [-0.2, 0) is 52.5 Å². The van der Waals surface area contributed by atoms with E-state index in [0.717, 1.165) is 39.6 Å². The van der Waals surface area contributed by atoms with Crippen LogP contribution < -0.4 is 21.5 Å². The SMILES string of the molecule is C=C1C=C(C)c2ccc(NC(=O)CN(CCN3CCOCCN(CCN(COC=O)CC(=O)NNC(=O)CCN4C(=O)C=CC4=O)CCOCC3)COC=O)cc2N1. The maximum absolute atomic E-state index is 13.0. The minimum absolute atomic E-state index is 0.00588. The molecule has 0 spiro atoms. The van der Waals surface area contributed by atoms with E-state index in [1.54, 1.807) is 9.80 Å². The van der Waals surface area contributed by atoms with Crippen LogP contribution in [0.4, 0.5) is 11.4 Å². The van der Waals surface area contributed by atoms with Crippen LogP contribution in [0.25, 0.3) is 5.57 Å². The number of rotatable bonds is 20. The molecule has 3 aliphatic heterocycles. The molecule has 1 fully saturated rings. The predicted octanol–water partition coefficient (Wildman–Crippen LogP) is -1.05. The van der Waals surface area contributed by atoms with Crippen LogP contribution >= 0.6 is 0 Å². The summed E-state index contributed by atoms with van der Waals surface area (Å²) in [5.41, 5.74) is 8.92. The van der Waals surface area contributed by atoms with Crippen molar-refractivity contribution < 1.29 is 52.5 Å². The Morgan fingerprint density at radius 1 is 0.810 bits per heavy atom. The number of benzene rings is 1. The number of fused-ring (bicyclic) bond motifs is 1. The van der Waals surface area contributed by atoms with Gasteiger partial charge in [-0.1, -0.05) is 12.6 Å². The molecule has 58 heavy (non-hydrogen) atoms. The molecule has 0 unspecified atom stereocenters. The van der Waals surface area contributed by atoms with E-state index in [0.29, 0.717) is 90.9 Å². The fraction of sp³-hybridized carbons (Fsp3) is 0.500. The van der Waals surface area contributed by atoms with Gasteiger partial charge in [-0.25, -0.2) is 0 Å². The van der Waals surface area contributed by atoms with Gasteiger partial charge in [-0.05, 0) is 30.7 Å². The Morgan fingerprint density at radius 3 is 1.90 bits per heavy atom. The van der Waals surface area contributed by atoms with Crippen LogP contribution in [0.5, 0.6) is 0 Å². The molecule has 4 N–H and O–H groups in total. The second-order valence-corrected chi connectivity index (χ2v) is 13.6. The zero-order chi connectivity index (χ0) is 41.7. The van der Waals surface area contributed by atoms with Crippen molar-refractivity contribution in [2.45, 2.75) is 13.3 Å². The third-order valence-electron chi connectivity index (χ3n) is 9.28. The second kappa shape index (κ2) is 24.3. The number of hydrazine groups is 1. The third-order valence-corrected chi connectivity index (χ3v) is 9.28. The van der Waals surface area contributed by atoms with Gasteiger partial charge in [-0.2, -0.15) is 0 Å². The average Bonchev–Trinajstić information content (AvgIpc) is 3.51. The van der Waals surface area contributed by atoms with Crippen molar-refractivity contribution in [2.24, 2.45) is 0 Å². The molecule has 3 aliphatic rings. The summed E-state index contributed by atoms with van der Waals surface area (Å²) < 4.78 is 21.8. The van der Waals surface area contributed by atoms with Crippen molar-refractivity contribution in [3.05, 3.63) is 54.3 Å². The predicted molar refractivity (Wildman–Crippen MR) is 210 cm³/mol. The third kappa shape index (κ3) is 15.8. The van der Waals surface area contributed by atoms with E-state index in [4.69, 9.17) is 18.9 Å². The van der Waals surface area contributed by atoms with E-state index < -0.39 is 23.6 Å². The quantitative estimate of drug-likeness (QED) is 0.0534. The lowest BCUT2D eigenvalue weighted by molar-refractivity contribution is -0.138. The summed E-state index contributed by atoms with van der Waals surface area (Å²) in [6, 6.07) is 5.64. The normalized spacial score (nSPS) is 16.8. The van der Waals surface area contributed by atoms with E-state index in [-0.39, 0.29) is 51.9 Å². The summed E-state index contributed by atoms with van der Waals surface area (Å²) in [5.74, 6) is -2.42. The zero-order valence-electron chi connectivity index (χ0n) is 32.8. The molecule has 0 aromatic heterocycles. The number of ether oxygens (including phenoxy) is 4. The number of nitrogens with zero attached hydrogens (tertiary/aromatic N) is 5. The highest BCUT2D eigenvalue weighted by atomic mass is 16.5. The molecule has 1 saturated heterocycles. The number of hydrogen-bond acceptors (Lipinski definition) is 16. The van der Waals surface area contributed by atoms with Crippen molar-refractivity contribution in [2.75, 3.05) is 123 Å². The molecular weight excluding hydrogens is 758 g/mol. The van der Waals surface area contributed by atoms with E-state index >= 15 is 0 Å². The highest BCUT2D eigenvalue weighted by Crippen LogP contribution is 2.32. The molecule has 20 nitrogen and oxygen atoms in total. The molecule has 0 aliphatic carbocycles. The van der Waals surface area contributed by atoms with Crippen LogP contribution in [0.2, 0.25) is 0 Å². The summed E-state index contributed by atoms with van der Waals surface area (Å²) in [6.45, 7) is 12.0. The molecule has 0 saturated carbocycles. The molecule has 1 aromatic carbocycles. The smallest absolute Gasteiger partial charge is 0.294 e. The van der Waals surface area contributed by atoms with Crippen LogP contribution in [0.1, 0.15) is 18.9 Å². The molecule has 5 amide bonds. The van der Waals surface area contributed by atoms with Gasteiger partial charge in [-0.15, -0.1) is 0 Å². The number of amides is 5. The summed E-state index contributed by atoms with van der Waals surface area (Å²) in [4.78, 5) is 91.5. The monoisotopic (exact) mass is 811 g/mol. The van der Waals surface area contributed by atoms with E-state index in [1.807, 2.05) is 31.2 Å². The average molecular weight is 812 g/mol. The largest absolute Gasteiger partial charge is 0.452 e. The van der Waals surface area contributed by atoms with Gasteiger partial charge in [0.05, 0.1) is 39.5 Å². The van der Waals surface area contributed by atoms with Crippen molar-refractivity contribution in [3.8, 4) is 0 Å². The van der Waals surface area contributed by atoms with Crippen molar-refractivity contribution in [1.82, 2.24) is 35.4 Å². The van der Waals surface area contributed by atoms with Gasteiger partial charge in [0.2, 0.25) is 11.8 Å². The summed E-state index contributed by atoms with van der Waals surface area (Å²) in [7, 11) is 0. The lowest BCUT2D eigenvalue weighted by atomic mass is 10.0. The minimum atomic E-state index is -0.592. The number of anilines is 2. The van der Waals surface area contributed by atoms with Crippen LogP contribution in [0, 0.1) is 0 Å². The highest BCUT2D eigenvalue weighted by Gasteiger charge is 2.24. The summed E-state index contributed by atoms with van der Waals surface area (Å²) >= 11 is 0. The Kier molecular flexibility index (Phi) is 18.9. The maximum atomic E-state index is 13.0. The first-order valence-corrected chi connectivity index (χ1v) is 18.9. The summed E-state index contributed by atoms with van der Waals surface area (Å²) in [6.07, 6.45) is 4.00. The first-order chi connectivity index (χ1) is 28.0. The molecule has 3 heterocycles. The minimum Gasteiger partial charge on any atom is -0.452 e.